The van der Waals surface area contributed by atoms with Crippen LogP contribution in [0.2, 0.25) is 0 Å². The molecule has 8 nitrogen and oxygen atoms in total. The molecule has 0 bridgehead atoms. The highest BCUT2D eigenvalue weighted by Gasteiger charge is 2.22. The molecule has 0 aliphatic rings. The second-order valence-electron chi connectivity index (χ2n) is 6.14. The number of hydrogen-bond donors (Lipinski definition) is 3. The Morgan fingerprint density at radius 3 is 2.00 bits per heavy atom. The zero-order chi connectivity index (χ0) is 22.8. The number of aliphatic hydroxyl groups is 2. The Balaban J connectivity index is 0. The summed E-state index contributed by atoms with van der Waals surface area (Å²) in [4.78, 5) is 34.5. The van der Waals surface area contributed by atoms with Crippen LogP contribution in [0.4, 0.5) is 0 Å². The molecule has 0 spiro atoms. The molecule has 0 aromatic heterocycles. The number of rotatable bonds is 12. The lowest BCUT2D eigenvalue weighted by Gasteiger charge is -2.15. The van der Waals surface area contributed by atoms with E-state index in [1.165, 1.54) is 13.0 Å². The van der Waals surface area contributed by atoms with E-state index in [2.05, 4.69) is 11.3 Å². The SMILES string of the molecule is C=C(C(=O)OC(=O)C(C)=CC)C(C=C(C)C(=O)O)CCCC.OCCOCCO. The lowest BCUT2D eigenvalue weighted by Crippen LogP contribution is -2.19. The van der Waals surface area contributed by atoms with Crippen molar-refractivity contribution < 1.29 is 39.2 Å². The van der Waals surface area contributed by atoms with Crippen molar-refractivity contribution in [2.75, 3.05) is 26.4 Å². The van der Waals surface area contributed by atoms with Crippen LogP contribution in [0, 0.1) is 5.92 Å². The average molecular weight is 414 g/mol. The fourth-order valence-electron chi connectivity index (χ4n) is 1.89. The second-order valence-corrected chi connectivity index (χ2v) is 6.14. The monoisotopic (exact) mass is 414 g/mol. The Hall–Kier alpha value is -2.29. The highest BCUT2D eigenvalue weighted by Crippen LogP contribution is 2.22. The van der Waals surface area contributed by atoms with E-state index in [-0.39, 0.29) is 24.4 Å². The summed E-state index contributed by atoms with van der Waals surface area (Å²) >= 11 is 0. The number of carboxylic acids is 1. The summed E-state index contributed by atoms with van der Waals surface area (Å²) in [5.41, 5.74) is 0.542. The van der Waals surface area contributed by atoms with Gasteiger partial charge in [0.2, 0.25) is 0 Å². The maximum absolute atomic E-state index is 12.0. The summed E-state index contributed by atoms with van der Waals surface area (Å²) in [5.74, 6) is -3.05. The topological polar surface area (TPSA) is 130 Å². The first-order valence-electron chi connectivity index (χ1n) is 9.45. The fourth-order valence-corrected chi connectivity index (χ4v) is 1.89. The molecule has 0 aromatic rings. The third-order valence-electron chi connectivity index (χ3n) is 3.78. The Labute approximate surface area is 172 Å². The lowest BCUT2D eigenvalue weighted by atomic mass is 9.92. The fraction of sp³-hybridized carbons (Fsp3) is 0.571. The number of ether oxygens (including phenoxy) is 2. The molecule has 29 heavy (non-hydrogen) atoms. The number of carboxylic acid groups (broad SMARTS) is 1. The number of carbonyl (C=O) groups is 3. The number of aliphatic carboxylic acids is 1. The van der Waals surface area contributed by atoms with E-state index in [0.29, 0.717) is 25.2 Å². The van der Waals surface area contributed by atoms with Crippen molar-refractivity contribution in [1.82, 2.24) is 0 Å². The van der Waals surface area contributed by atoms with E-state index in [4.69, 9.17) is 20.1 Å². The molecule has 166 valence electrons. The van der Waals surface area contributed by atoms with Crippen molar-refractivity contribution in [3.8, 4) is 0 Å². The number of unbranched alkanes of at least 4 members (excludes halogenated alkanes) is 1. The minimum Gasteiger partial charge on any atom is -0.478 e. The van der Waals surface area contributed by atoms with Crippen molar-refractivity contribution in [1.29, 1.82) is 0 Å². The third kappa shape index (κ3) is 14.4. The smallest absolute Gasteiger partial charge is 0.341 e. The standard InChI is InChI=1S/C17H24O5.C4H10O3/c1-6-8-9-14(10-12(4)15(18)19)13(5)17(21)22-16(20)11(3)7-2;5-1-3-7-4-2-6/h7,10,14H,5-6,8-9H2,1-4H3,(H,18,19);5-6H,1-4H2. The highest BCUT2D eigenvalue weighted by molar-refractivity contribution is 6.01. The number of carbonyl (C=O) groups excluding carboxylic acids is 2. The van der Waals surface area contributed by atoms with Crippen LogP contribution in [0.3, 0.4) is 0 Å². The molecule has 0 rings (SSSR count). The molecule has 0 aliphatic heterocycles. The Kier molecular flexibility index (Phi) is 17.7. The predicted octanol–water partition coefficient (Wildman–Crippen LogP) is 2.40. The quantitative estimate of drug-likeness (QED) is 0.192. The van der Waals surface area contributed by atoms with Gasteiger partial charge in [0, 0.05) is 22.6 Å². The van der Waals surface area contributed by atoms with Crippen LogP contribution < -0.4 is 0 Å². The van der Waals surface area contributed by atoms with Crippen LogP contribution in [-0.2, 0) is 23.9 Å². The molecule has 0 aromatic carbocycles. The summed E-state index contributed by atoms with van der Waals surface area (Å²) in [6.45, 7) is 11.0. The van der Waals surface area contributed by atoms with Gasteiger partial charge in [-0.2, -0.15) is 0 Å². The highest BCUT2D eigenvalue weighted by atomic mass is 16.6. The molecule has 0 amide bonds. The van der Waals surface area contributed by atoms with Gasteiger partial charge in [-0.3, -0.25) is 0 Å². The number of esters is 2. The predicted molar refractivity (Wildman–Crippen MR) is 109 cm³/mol. The Bertz CT molecular complexity index is 585. The van der Waals surface area contributed by atoms with Gasteiger partial charge in [-0.15, -0.1) is 0 Å². The Morgan fingerprint density at radius 2 is 1.59 bits per heavy atom. The molecule has 0 heterocycles. The first kappa shape index (κ1) is 28.9. The van der Waals surface area contributed by atoms with Crippen molar-refractivity contribution in [3.63, 3.8) is 0 Å². The van der Waals surface area contributed by atoms with Gasteiger partial charge in [-0.25, -0.2) is 14.4 Å². The number of aliphatic hydroxyl groups excluding tert-OH is 2. The van der Waals surface area contributed by atoms with Crippen LogP contribution >= 0.6 is 0 Å². The molecule has 8 heteroatoms. The van der Waals surface area contributed by atoms with Crippen molar-refractivity contribution >= 4 is 17.9 Å². The van der Waals surface area contributed by atoms with E-state index in [1.54, 1.807) is 19.9 Å². The first-order chi connectivity index (χ1) is 13.7. The molecule has 0 saturated carbocycles. The molecule has 0 radical (unpaired) electrons. The van der Waals surface area contributed by atoms with Gasteiger partial charge in [-0.05, 0) is 27.2 Å². The van der Waals surface area contributed by atoms with Gasteiger partial charge in [-0.1, -0.05) is 38.5 Å². The molecule has 0 saturated heterocycles. The van der Waals surface area contributed by atoms with Gasteiger partial charge in [0.15, 0.2) is 0 Å². The molecule has 1 unspecified atom stereocenters. The molecule has 3 N–H and O–H groups in total. The summed E-state index contributed by atoms with van der Waals surface area (Å²) < 4.78 is 9.38. The number of allylic oxidation sites excluding steroid dienone is 2. The van der Waals surface area contributed by atoms with E-state index in [1.807, 2.05) is 6.92 Å². The van der Waals surface area contributed by atoms with Crippen LogP contribution in [0.15, 0.2) is 35.5 Å². The molecular weight excluding hydrogens is 380 g/mol. The van der Waals surface area contributed by atoms with Crippen LogP contribution in [0.5, 0.6) is 0 Å². The molecule has 0 aliphatic carbocycles. The van der Waals surface area contributed by atoms with E-state index in [9.17, 15) is 14.4 Å². The normalized spacial score (nSPS) is 12.5. The average Bonchev–Trinajstić information content (AvgIpc) is 2.70. The van der Waals surface area contributed by atoms with Crippen molar-refractivity contribution in [3.05, 3.63) is 35.5 Å². The largest absolute Gasteiger partial charge is 0.478 e. The lowest BCUT2D eigenvalue weighted by molar-refractivity contribution is -0.154. The van der Waals surface area contributed by atoms with Crippen LogP contribution in [0.25, 0.3) is 0 Å². The van der Waals surface area contributed by atoms with E-state index < -0.39 is 23.8 Å². The summed E-state index contributed by atoms with van der Waals surface area (Å²) in [5, 5.41) is 25.1. The van der Waals surface area contributed by atoms with Crippen molar-refractivity contribution in [2.24, 2.45) is 5.92 Å². The zero-order valence-corrected chi connectivity index (χ0v) is 17.8. The molecule has 0 fully saturated rings. The van der Waals surface area contributed by atoms with Gasteiger partial charge < -0.3 is 24.8 Å². The second kappa shape index (κ2) is 17.8. The minimum absolute atomic E-state index is 0.0278. The van der Waals surface area contributed by atoms with Crippen LogP contribution in [-0.4, -0.2) is 59.7 Å². The summed E-state index contributed by atoms with van der Waals surface area (Å²) in [6, 6.07) is 0. The van der Waals surface area contributed by atoms with Gasteiger partial charge in [0.1, 0.15) is 0 Å². The van der Waals surface area contributed by atoms with Gasteiger partial charge >= 0.3 is 17.9 Å². The maximum atomic E-state index is 12.0. The first-order valence-corrected chi connectivity index (χ1v) is 9.45. The van der Waals surface area contributed by atoms with Crippen LogP contribution in [0.1, 0.15) is 47.0 Å². The minimum atomic E-state index is -1.05. The van der Waals surface area contributed by atoms with Gasteiger partial charge in [0.25, 0.3) is 0 Å². The Morgan fingerprint density at radius 1 is 1.03 bits per heavy atom. The summed E-state index contributed by atoms with van der Waals surface area (Å²) in [7, 11) is 0. The number of hydrogen-bond acceptors (Lipinski definition) is 7. The summed E-state index contributed by atoms with van der Waals surface area (Å²) in [6.07, 6.45) is 5.31. The van der Waals surface area contributed by atoms with Gasteiger partial charge in [0.05, 0.1) is 26.4 Å². The molecular formula is C21H34O8. The zero-order valence-electron chi connectivity index (χ0n) is 17.8. The maximum Gasteiger partial charge on any atom is 0.341 e. The molecule has 1 atom stereocenters. The van der Waals surface area contributed by atoms with E-state index >= 15 is 0 Å². The van der Waals surface area contributed by atoms with Crippen molar-refractivity contribution in [2.45, 2.75) is 47.0 Å². The van der Waals surface area contributed by atoms with E-state index in [0.717, 1.165) is 12.8 Å². The third-order valence-corrected chi connectivity index (χ3v) is 3.78.